The van der Waals surface area contributed by atoms with Gasteiger partial charge in [-0.3, -0.25) is 4.90 Å². The number of rotatable bonds is 3. The fraction of sp³-hybridized carbons (Fsp3) is 0.429. The first-order valence-electron chi connectivity index (χ1n) is 3.34. The Morgan fingerprint density at radius 2 is 2.45 bits per heavy atom. The van der Waals surface area contributed by atoms with Gasteiger partial charge in [0.1, 0.15) is 0 Å². The lowest BCUT2D eigenvalue weighted by molar-refractivity contribution is 0.340. The minimum atomic E-state index is 0.607. The molecule has 0 radical (unpaired) electrons. The molecule has 0 aromatic carbocycles. The molecule has 0 bridgehead atoms. The standard InChI is InChI=1S/C7H11BrN2S/c1-10(5-9)3-7-2-6(8)4-11-7/h2,4H,3,5,9H2,1H3. The van der Waals surface area contributed by atoms with Crippen molar-refractivity contribution in [1.29, 1.82) is 0 Å². The van der Waals surface area contributed by atoms with Crippen LogP contribution in [0.1, 0.15) is 4.88 Å². The maximum atomic E-state index is 5.45. The molecule has 0 atom stereocenters. The van der Waals surface area contributed by atoms with E-state index in [0.717, 1.165) is 11.0 Å². The number of hydrogen-bond donors (Lipinski definition) is 1. The Morgan fingerprint density at radius 1 is 1.73 bits per heavy atom. The molecule has 62 valence electrons. The second-order valence-corrected chi connectivity index (χ2v) is 4.34. The molecule has 2 N–H and O–H groups in total. The van der Waals surface area contributed by atoms with Crippen molar-refractivity contribution in [3.05, 3.63) is 20.8 Å². The van der Waals surface area contributed by atoms with Gasteiger partial charge < -0.3 is 5.73 Å². The van der Waals surface area contributed by atoms with E-state index < -0.39 is 0 Å². The van der Waals surface area contributed by atoms with Crippen molar-refractivity contribution in [2.75, 3.05) is 13.7 Å². The topological polar surface area (TPSA) is 29.3 Å². The third kappa shape index (κ3) is 2.91. The van der Waals surface area contributed by atoms with E-state index >= 15 is 0 Å². The SMILES string of the molecule is CN(CN)Cc1cc(Br)cs1. The van der Waals surface area contributed by atoms with Crippen LogP contribution in [0.4, 0.5) is 0 Å². The lowest BCUT2D eigenvalue weighted by atomic mass is 10.4. The maximum Gasteiger partial charge on any atom is 0.0456 e. The maximum absolute atomic E-state index is 5.45. The Morgan fingerprint density at radius 3 is 2.91 bits per heavy atom. The molecule has 0 aliphatic carbocycles. The van der Waals surface area contributed by atoms with Crippen molar-refractivity contribution in [3.8, 4) is 0 Å². The minimum absolute atomic E-state index is 0.607. The summed E-state index contributed by atoms with van der Waals surface area (Å²) in [5.74, 6) is 0. The zero-order valence-electron chi connectivity index (χ0n) is 6.38. The van der Waals surface area contributed by atoms with Crippen LogP contribution in [-0.4, -0.2) is 18.6 Å². The normalized spacial score (nSPS) is 10.9. The molecule has 1 aromatic heterocycles. The highest BCUT2D eigenvalue weighted by Gasteiger charge is 1.99. The Balaban J connectivity index is 2.50. The zero-order chi connectivity index (χ0) is 8.27. The molecule has 0 aliphatic heterocycles. The Hall–Kier alpha value is 0.1000. The van der Waals surface area contributed by atoms with Crippen LogP contribution in [0.5, 0.6) is 0 Å². The molecule has 1 aromatic rings. The monoisotopic (exact) mass is 234 g/mol. The Kier molecular flexibility index (Phi) is 3.51. The van der Waals surface area contributed by atoms with Crippen molar-refractivity contribution in [2.24, 2.45) is 5.73 Å². The van der Waals surface area contributed by atoms with Gasteiger partial charge in [0.05, 0.1) is 0 Å². The first-order valence-corrected chi connectivity index (χ1v) is 5.01. The van der Waals surface area contributed by atoms with Gasteiger partial charge in [-0.15, -0.1) is 11.3 Å². The predicted octanol–water partition coefficient (Wildman–Crippen LogP) is 1.86. The predicted molar refractivity (Wildman–Crippen MR) is 52.5 cm³/mol. The molecular weight excluding hydrogens is 224 g/mol. The second-order valence-electron chi connectivity index (χ2n) is 2.43. The van der Waals surface area contributed by atoms with Crippen molar-refractivity contribution in [1.82, 2.24) is 4.90 Å². The van der Waals surface area contributed by atoms with Crippen LogP contribution in [0.3, 0.4) is 0 Å². The average molecular weight is 235 g/mol. The number of halogens is 1. The van der Waals surface area contributed by atoms with Gasteiger partial charge in [0.15, 0.2) is 0 Å². The first kappa shape index (κ1) is 9.19. The third-order valence-corrected chi connectivity index (χ3v) is 3.04. The van der Waals surface area contributed by atoms with Crippen LogP contribution in [0, 0.1) is 0 Å². The molecule has 11 heavy (non-hydrogen) atoms. The van der Waals surface area contributed by atoms with Crippen LogP contribution < -0.4 is 5.73 Å². The van der Waals surface area contributed by atoms with Gasteiger partial charge in [-0.2, -0.15) is 0 Å². The molecule has 4 heteroatoms. The van der Waals surface area contributed by atoms with Crippen LogP contribution in [-0.2, 0) is 6.54 Å². The van der Waals surface area contributed by atoms with E-state index in [0.29, 0.717) is 6.67 Å². The summed E-state index contributed by atoms with van der Waals surface area (Å²) in [4.78, 5) is 3.41. The summed E-state index contributed by atoms with van der Waals surface area (Å²) in [7, 11) is 2.01. The van der Waals surface area contributed by atoms with Gasteiger partial charge >= 0.3 is 0 Å². The smallest absolute Gasteiger partial charge is 0.0456 e. The van der Waals surface area contributed by atoms with Gasteiger partial charge in [-0.1, -0.05) is 0 Å². The van der Waals surface area contributed by atoms with E-state index in [1.807, 2.05) is 7.05 Å². The number of thiophene rings is 1. The molecule has 0 fully saturated rings. The van der Waals surface area contributed by atoms with Crippen LogP contribution in [0.2, 0.25) is 0 Å². The van der Waals surface area contributed by atoms with E-state index in [-0.39, 0.29) is 0 Å². The highest BCUT2D eigenvalue weighted by molar-refractivity contribution is 9.10. The van der Waals surface area contributed by atoms with Crippen LogP contribution in [0.15, 0.2) is 15.9 Å². The van der Waals surface area contributed by atoms with Crippen LogP contribution in [0.25, 0.3) is 0 Å². The summed E-state index contributed by atoms with van der Waals surface area (Å²) in [5.41, 5.74) is 5.45. The summed E-state index contributed by atoms with van der Waals surface area (Å²) >= 11 is 5.15. The lowest BCUT2D eigenvalue weighted by Crippen LogP contribution is -2.24. The largest absolute Gasteiger partial charge is 0.318 e. The number of hydrogen-bond acceptors (Lipinski definition) is 3. The van der Waals surface area contributed by atoms with E-state index in [1.54, 1.807) is 11.3 Å². The molecule has 0 amide bonds. The second kappa shape index (κ2) is 4.21. The molecule has 0 spiro atoms. The van der Waals surface area contributed by atoms with Gasteiger partial charge in [-0.05, 0) is 29.0 Å². The molecule has 0 saturated carbocycles. The number of nitrogens with zero attached hydrogens (tertiary/aromatic N) is 1. The van der Waals surface area contributed by atoms with E-state index in [2.05, 4.69) is 32.3 Å². The van der Waals surface area contributed by atoms with Gasteiger partial charge in [-0.25, -0.2) is 0 Å². The lowest BCUT2D eigenvalue weighted by Gasteiger charge is -2.10. The van der Waals surface area contributed by atoms with Crippen molar-refractivity contribution >= 4 is 27.3 Å². The van der Waals surface area contributed by atoms with E-state index in [1.165, 1.54) is 4.88 Å². The highest BCUT2D eigenvalue weighted by atomic mass is 79.9. The highest BCUT2D eigenvalue weighted by Crippen LogP contribution is 2.20. The minimum Gasteiger partial charge on any atom is -0.318 e. The number of nitrogens with two attached hydrogens (primary N) is 1. The fourth-order valence-electron chi connectivity index (χ4n) is 0.767. The molecule has 0 unspecified atom stereocenters. The van der Waals surface area contributed by atoms with Crippen molar-refractivity contribution < 1.29 is 0 Å². The Bertz CT molecular complexity index is 224. The Labute approximate surface area is 79.1 Å². The zero-order valence-corrected chi connectivity index (χ0v) is 8.78. The summed E-state index contributed by atoms with van der Waals surface area (Å²) in [6, 6.07) is 2.12. The van der Waals surface area contributed by atoms with Crippen molar-refractivity contribution in [2.45, 2.75) is 6.54 Å². The fourth-order valence-corrected chi connectivity index (χ4v) is 2.30. The summed E-state index contributed by atoms with van der Waals surface area (Å²) < 4.78 is 1.16. The molecule has 0 saturated heterocycles. The van der Waals surface area contributed by atoms with Gasteiger partial charge in [0.2, 0.25) is 0 Å². The molecular formula is C7H11BrN2S. The molecule has 2 nitrogen and oxygen atoms in total. The molecule has 1 heterocycles. The average Bonchev–Trinajstić information content (AvgIpc) is 2.35. The summed E-state index contributed by atoms with van der Waals surface area (Å²) in [6.45, 7) is 1.54. The quantitative estimate of drug-likeness (QED) is 0.810. The van der Waals surface area contributed by atoms with Gasteiger partial charge in [0.25, 0.3) is 0 Å². The summed E-state index contributed by atoms with van der Waals surface area (Å²) in [6.07, 6.45) is 0. The van der Waals surface area contributed by atoms with Crippen molar-refractivity contribution in [3.63, 3.8) is 0 Å². The first-order chi connectivity index (χ1) is 5.22. The van der Waals surface area contributed by atoms with Crippen LogP contribution >= 0.6 is 27.3 Å². The summed E-state index contributed by atoms with van der Waals surface area (Å²) in [5, 5.41) is 2.08. The molecule has 1 rings (SSSR count). The van der Waals surface area contributed by atoms with Gasteiger partial charge in [0, 0.05) is 27.9 Å². The van der Waals surface area contributed by atoms with E-state index in [9.17, 15) is 0 Å². The molecule has 0 aliphatic rings. The van der Waals surface area contributed by atoms with E-state index in [4.69, 9.17) is 5.73 Å². The third-order valence-electron chi connectivity index (χ3n) is 1.36.